The standard InChI is InChI=1S/C17H22F3N3OS/c18-12-3-4-13(15(20)14(12)19)22-16(24)21-11-17(5-1-2-6-17)23-7-9-25-10-8-23/h3-4H,1-2,5-11H2,(H2,21,22,24). The number of hydrogen-bond donors (Lipinski definition) is 2. The van der Waals surface area contributed by atoms with Crippen molar-refractivity contribution in [1.82, 2.24) is 10.2 Å². The Labute approximate surface area is 149 Å². The van der Waals surface area contributed by atoms with E-state index in [1.165, 1.54) is 0 Å². The summed E-state index contributed by atoms with van der Waals surface area (Å²) < 4.78 is 39.9. The maximum atomic E-state index is 13.7. The van der Waals surface area contributed by atoms with Crippen LogP contribution in [0.2, 0.25) is 0 Å². The molecule has 1 aliphatic heterocycles. The molecule has 0 bridgehead atoms. The number of carbonyl (C=O) groups excluding carboxylic acids is 1. The fourth-order valence-electron chi connectivity index (χ4n) is 3.71. The van der Waals surface area contributed by atoms with E-state index in [0.29, 0.717) is 6.54 Å². The summed E-state index contributed by atoms with van der Waals surface area (Å²) in [5.74, 6) is -2.08. The molecule has 2 amide bonds. The Kier molecular flexibility index (Phi) is 5.78. The zero-order valence-electron chi connectivity index (χ0n) is 13.9. The molecule has 1 heterocycles. The predicted octanol–water partition coefficient (Wildman–Crippen LogP) is 3.59. The Balaban J connectivity index is 1.61. The van der Waals surface area contributed by atoms with Crippen molar-refractivity contribution in [3.63, 3.8) is 0 Å². The summed E-state index contributed by atoms with van der Waals surface area (Å²) in [5.41, 5.74) is -0.420. The highest BCUT2D eigenvalue weighted by Gasteiger charge is 2.40. The molecule has 1 aromatic carbocycles. The second-order valence-corrected chi connectivity index (χ2v) is 7.79. The molecule has 2 fully saturated rings. The third-order valence-electron chi connectivity index (χ3n) is 5.08. The van der Waals surface area contributed by atoms with Gasteiger partial charge in [-0.15, -0.1) is 0 Å². The molecule has 0 aromatic heterocycles. The number of benzene rings is 1. The van der Waals surface area contributed by atoms with Gasteiger partial charge in [0.25, 0.3) is 0 Å². The van der Waals surface area contributed by atoms with Gasteiger partial charge in [0, 0.05) is 36.7 Å². The summed E-state index contributed by atoms with van der Waals surface area (Å²) in [6.07, 6.45) is 4.31. The second-order valence-electron chi connectivity index (χ2n) is 6.56. The average molecular weight is 373 g/mol. The smallest absolute Gasteiger partial charge is 0.319 e. The number of anilines is 1. The molecule has 3 rings (SSSR count). The molecular formula is C17H22F3N3OS. The highest BCUT2D eigenvalue weighted by atomic mass is 32.2. The number of nitrogens with one attached hydrogen (secondary N) is 2. The largest absolute Gasteiger partial charge is 0.336 e. The number of nitrogens with zero attached hydrogens (tertiary/aromatic N) is 1. The minimum absolute atomic E-state index is 0.0507. The minimum Gasteiger partial charge on any atom is -0.336 e. The first-order valence-corrected chi connectivity index (χ1v) is 9.68. The minimum atomic E-state index is -1.59. The Morgan fingerprint density at radius 1 is 1.12 bits per heavy atom. The summed E-state index contributed by atoms with van der Waals surface area (Å²) >= 11 is 1.94. The Bertz CT molecular complexity index is 632. The molecule has 0 spiro atoms. The lowest BCUT2D eigenvalue weighted by Gasteiger charge is -2.43. The van der Waals surface area contributed by atoms with E-state index in [1.807, 2.05) is 11.8 Å². The Morgan fingerprint density at radius 3 is 2.48 bits per heavy atom. The van der Waals surface area contributed by atoms with Gasteiger partial charge in [0.2, 0.25) is 0 Å². The van der Waals surface area contributed by atoms with Gasteiger partial charge in [-0.2, -0.15) is 11.8 Å². The zero-order valence-corrected chi connectivity index (χ0v) is 14.7. The molecule has 0 unspecified atom stereocenters. The lowest BCUT2D eigenvalue weighted by molar-refractivity contribution is 0.105. The summed E-state index contributed by atoms with van der Waals surface area (Å²) in [6, 6.07) is 1.20. The molecule has 1 saturated carbocycles. The SMILES string of the molecule is O=C(NCC1(N2CCSCC2)CCCC1)Nc1ccc(F)c(F)c1F. The van der Waals surface area contributed by atoms with Crippen molar-refractivity contribution >= 4 is 23.5 Å². The molecule has 2 N–H and O–H groups in total. The zero-order chi connectivity index (χ0) is 17.9. The highest BCUT2D eigenvalue weighted by Crippen LogP contribution is 2.36. The van der Waals surface area contributed by atoms with Crippen LogP contribution in [0.3, 0.4) is 0 Å². The maximum absolute atomic E-state index is 13.7. The number of hydrogen-bond acceptors (Lipinski definition) is 3. The number of rotatable bonds is 4. The van der Waals surface area contributed by atoms with Crippen LogP contribution in [0, 0.1) is 17.5 Å². The maximum Gasteiger partial charge on any atom is 0.319 e. The number of amides is 2. The van der Waals surface area contributed by atoms with Crippen LogP contribution in [0.5, 0.6) is 0 Å². The molecule has 0 radical (unpaired) electrons. The van der Waals surface area contributed by atoms with Gasteiger partial charge in [0.05, 0.1) is 5.69 Å². The van der Waals surface area contributed by atoms with Crippen LogP contribution < -0.4 is 10.6 Å². The van der Waals surface area contributed by atoms with Crippen LogP contribution >= 0.6 is 11.8 Å². The second kappa shape index (κ2) is 7.86. The van der Waals surface area contributed by atoms with Crippen LogP contribution in [0.25, 0.3) is 0 Å². The molecule has 25 heavy (non-hydrogen) atoms. The lowest BCUT2D eigenvalue weighted by atomic mass is 9.94. The van der Waals surface area contributed by atoms with Crippen LogP contribution in [-0.4, -0.2) is 47.6 Å². The molecule has 1 aromatic rings. The van der Waals surface area contributed by atoms with Crippen molar-refractivity contribution in [3.8, 4) is 0 Å². The fourth-order valence-corrected chi connectivity index (χ4v) is 4.61. The molecule has 1 saturated heterocycles. The van der Waals surface area contributed by atoms with E-state index in [4.69, 9.17) is 0 Å². The number of carbonyl (C=O) groups is 1. The van der Waals surface area contributed by atoms with Crippen molar-refractivity contribution < 1.29 is 18.0 Å². The first-order valence-electron chi connectivity index (χ1n) is 8.53. The fraction of sp³-hybridized carbons (Fsp3) is 0.588. The molecule has 138 valence electrons. The van der Waals surface area contributed by atoms with E-state index in [0.717, 1.165) is 62.4 Å². The molecular weight excluding hydrogens is 351 g/mol. The van der Waals surface area contributed by atoms with Gasteiger partial charge in [0.15, 0.2) is 17.5 Å². The molecule has 8 heteroatoms. The van der Waals surface area contributed by atoms with Gasteiger partial charge in [-0.1, -0.05) is 12.8 Å². The summed E-state index contributed by atoms with van der Waals surface area (Å²) in [4.78, 5) is 14.6. The molecule has 4 nitrogen and oxygen atoms in total. The van der Waals surface area contributed by atoms with E-state index in [-0.39, 0.29) is 11.2 Å². The van der Waals surface area contributed by atoms with Crippen molar-refractivity contribution in [1.29, 1.82) is 0 Å². The third kappa shape index (κ3) is 4.06. The van der Waals surface area contributed by atoms with Crippen molar-refractivity contribution in [2.24, 2.45) is 0 Å². The van der Waals surface area contributed by atoms with Crippen LogP contribution in [0.1, 0.15) is 25.7 Å². The highest BCUT2D eigenvalue weighted by molar-refractivity contribution is 7.99. The topological polar surface area (TPSA) is 44.4 Å². The predicted molar refractivity (Wildman–Crippen MR) is 93.4 cm³/mol. The summed E-state index contributed by atoms with van der Waals surface area (Å²) in [5, 5.41) is 5.06. The summed E-state index contributed by atoms with van der Waals surface area (Å²) in [6.45, 7) is 2.48. The first-order chi connectivity index (χ1) is 12.0. The quantitative estimate of drug-likeness (QED) is 0.793. The van der Waals surface area contributed by atoms with E-state index < -0.39 is 23.5 Å². The van der Waals surface area contributed by atoms with E-state index in [1.54, 1.807) is 0 Å². The summed E-state index contributed by atoms with van der Waals surface area (Å²) in [7, 11) is 0. The third-order valence-corrected chi connectivity index (χ3v) is 6.02. The lowest BCUT2D eigenvalue weighted by Crippen LogP contribution is -2.56. The number of halogens is 3. The average Bonchev–Trinajstić information content (AvgIpc) is 3.12. The van der Waals surface area contributed by atoms with E-state index >= 15 is 0 Å². The van der Waals surface area contributed by atoms with Crippen molar-refractivity contribution in [2.45, 2.75) is 31.2 Å². The monoisotopic (exact) mass is 373 g/mol. The molecule has 2 aliphatic rings. The van der Waals surface area contributed by atoms with Gasteiger partial charge in [-0.05, 0) is 25.0 Å². The van der Waals surface area contributed by atoms with Crippen molar-refractivity contribution in [2.75, 3.05) is 36.5 Å². The van der Waals surface area contributed by atoms with Crippen LogP contribution in [0.15, 0.2) is 12.1 Å². The van der Waals surface area contributed by atoms with E-state index in [9.17, 15) is 18.0 Å². The van der Waals surface area contributed by atoms with Gasteiger partial charge in [0.1, 0.15) is 0 Å². The van der Waals surface area contributed by atoms with Crippen LogP contribution in [-0.2, 0) is 0 Å². The normalized spacial score (nSPS) is 20.4. The molecule has 0 atom stereocenters. The van der Waals surface area contributed by atoms with Crippen LogP contribution in [0.4, 0.5) is 23.7 Å². The Hall–Kier alpha value is -1.41. The number of urea groups is 1. The van der Waals surface area contributed by atoms with Gasteiger partial charge in [-0.25, -0.2) is 18.0 Å². The number of thioether (sulfide) groups is 1. The molecule has 1 aliphatic carbocycles. The van der Waals surface area contributed by atoms with E-state index in [2.05, 4.69) is 15.5 Å². The first kappa shape index (κ1) is 18.4. The van der Waals surface area contributed by atoms with Gasteiger partial charge in [-0.3, -0.25) is 4.90 Å². The van der Waals surface area contributed by atoms with Gasteiger partial charge < -0.3 is 10.6 Å². The Morgan fingerprint density at radius 2 is 1.80 bits per heavy atom. The van der Waals surface area contributed by atoms with Gasteiger partial charge >= 0.3 is 6.03 Å². The van der Waals surface area contributed by atoms with Crippen molar-refractivity contribution in [3.05, 3.63) is 29.6 Å².